The minimum Gasteiger partial charge on any atom is -0.492 e. The molecule has 17 heteroatoms. The van der Waals surface area contributed by atoms with Crippen molar-refractivity contribution in [3.8, 4) is 11.8 Å². The first-order valence-corrected chi connectivity index (χ1v) is 30.2. The molecule has 0 aromatic heterocycles. The average molecular weight is 1190 g/mol. The lowest BCUT2D eigenvalue weighted by atomic mass is 9.47. The van der Waals surface area contributed by atoms with Gasteiger partial charge in [-0.2, -0.15) is 18.4 Å². The number of ketones is 2. The first-order chi connectivity index (χ1) is 40.0. The van der Waals surface area contributed by atoms with Crippen LogP contribution < -0.4 is 10.1 Å². The van der Waals surface area contributed by atoms with Gasteiger partial charge in [0.05, 0.1) is 27.8 Å². The van der Waals surface area contributed by atoms with Crippen molar-refractivity contribution in [2.24, 2.45) is 28.6 Å². The summed E-state index contributed by atoms with van der Waals surface area (Å²) in [6.45, 7) is 14.3. The number of hydrogen-bond acceptors (Lipinski definition) is 11. The molecule has 0 heterocycles. The Hall–Kier alpha value is -7.52. The Bertz CT molecular complexity index is 3520. The molecule has 0 radical (unpaired) electrons. The van der Waals surface area contributed by atoms with E-state index in [0.29, 0.717) is 43.3 Å². The van der Waals surface area contributed by atoms with Gasteiger partial charge in [0, 0.05) is 31.0 Å². The molecule has 4 aliphatic carbocycles. The number of nitriles is 1. The van der Waals surface area contributed by atoms with Crippen LogP contribution in [0.5, 0.6) is 5.75 Å². The molecule has 2 fully saturated rings. The Balaban J connectivity index is 0.000000183. The normalized spacial score (nSPS) is 23.4. The third-order valence-corrected chi connectivity index (χ3v) is 19.4. The molecule has 450 valence electrons. The summed E-state index contributed by atoms with van der Waals surface area (Å²) in [6, 6.07) is 37.2. The van der Waals surface area contributed by atoms with Gasteiger partial charge in [0.15, 0.2) is 32.6 Å². The SMILES string of the molecule is CC(=O)O[C@]1(C(C)=O)CC[C@H]2[C@@H]3C=C(C)C4=CC(=O)CC[C@]4(C)[C@H]3CC[C@@]21C.CC(O)(CS(=O)(=O)c1ccc(F)cc1)C(=O)Nc1ccc(C#N)c(C(F)(F)F)c1.CC/C(=C(\c1ccccc1)c1ccc(OCCN(C)C)cc1)c1ccccc1. The van der Waals surface area contributed by atoms with Gasteiger partial charge in [0.25, 0.3) is 5.91 Å². The molecule has 85 heavy (non-hydrogen) atoms. The number of fused-ring (bicyclic) bond motifs is 5. The fraction of sp³-hybridized carbons (Fsp3) is 0.397. The largest absolute Gasteiger partial charge is 0.492 e. The van der Waals surface area contributed by atoms with Crippen molar-refractivity contribution in [1.29, 1.82) is 5.26 Å². The Morgan fingerprint density at radius 3 is 2.00 bits per heavy atom. The summed E-state index contributed by atoms with van der Waals surface area (Å²) >= 11 is 0. The van der Waals surface area contributed by atoms with Crippen LogP contribution in [0.4, 0.5) is 23.2 Å². The van der Waals surface area contributed by atoms with Crippen LogP contribution in [-0.4, -0.2) is 86.1 Å². The highest BCUT2D eigenvalue weighted by atomic mass is 32.2. The topological polar surface area (TPSA) is 180 Å². The summed E-state index contributed by atoms with van der Waals surface area (Å²) in [5.41, 5.74) is 2.66. The van der Waals surface area contributed by atoms with E-state index in [9.17, 15) is 50.3 Å². The second-order valence-corrected chi connectivity index (χ2v) is 25.5. The zero-order valence-corrected chi connectivity index (χ0v) is 50.4. The molecule has 9 rings (SSSR count). The van der Waals surface area contributed by atoms with Crippen LogP contribution in [0, 0.1) is 45.7 Å². The Labute approximate surface area is 496 Å². The Kier molecular flexibility index (Phi) is 20.2. The number of nitrogens with one attached hydrogen (secondary N) is 1. The number of aliphatic hydroxyl groups is 1. The standard InChI is InChI=1S/C26H29NO.C24H32O4.C18H14F4N2O4S/c1-4-25(21-11-7-5-8-12-21)26(22-13-9-6-10-14-22)23-15-17-24(18-16-23)28-20-19-27(2)3;1-14-12-18-19(22(4)9-6-17(27)13-21(14)22)7-10-23(5)20(18)8-11-24(23,15(2)25)28-16(3)26;1-17(26,10-29(27,28)14-6-3-12(19)4-7-14)16(25)24-13-5-2-11(9-23)15(8-13)18(20,21)22/h5-18H,4,19-20H2,1-3H3;12-13,18-20H,6-11H2,1-5H3;2-8,26H,10H2,1H3,(H,24,25)/b26-25-;;/t;18-,19+,20+,22-,23+,24+;/m.1./s1. The first-order valence-electron chi connectivity index (χ1n) is 28.5. The molecular formula is C68H75F4N3O9S. The van der Waals surface area contributed by atoms with E-state index in [-0.39, 0.29) is 38.9 Å². The molecule has 2 saturated carbocycles. The lowest BCUT2D eigenvalue weighted by Gasteiger charge is -2.58. The van der Waals surface area contributed by atoms with E-state index in [2.05, 4.69) is 138 Å². The van der Waals surface area contributed by atoms with Gasteiger partial charge in [-0.05, 0) is 191 Å². The van der Waals surface area contributed by atoms with Gasteiger partial charge >= 0.3 is 12.1 Å². The number of allylic oxidation sites excluding steroid dienone is 5. The number of ether oxygens (including phenoxy) is 2. The van der Waals surface area contributed by atoms with E-state index in [1.54, 1.807) is 6.92 Å². The van der Waals surface area contributed by atoms with Crippen molar-refractivity contribution in [3.63, 3.8) is 0 Å². The van der Waals surface area contributed by atoms with E-state index < -0.39 is 55.8 Å². The van der Waals surface area contributed by atoms with Crippen molar-refractivity contribution in [3.05, 3.63) is 184 Å². The molecule has 1 amide bonds. The van der Waals surface area contributed by atoms with E-state index in [4.69, 9.17) is 14.7 Å². The van der Waals surface area contributed by atoms with E-state index in [0.717, 1.165) is 87.7 Å². The monoisotopic (exact) mass is 1190 g/mol. The van der Waals surface area contributed by atoms with Crippen LogP contribution >= 0.6 is 0 Å². The van der Waals surface area contributed by atoms with Crippen LogP contribution in [0.25, 0.3) is 11.1 Å². The van der Waals surface area contributed by atoms with Gasteiger partial charge in [-0.3, -0.25) is 19.2 Å². The summed E-state index contributed by atoms with van der Waals surface area (Å²) in [7, 11) is -0.105. The number of carbonyl (C=O) groups excluding carboxylic acids is 4. The summed E-state index contributed by atoms with van der Waals surface area (Å²) in [5.74, 6) is -1.12. The number of rotatable bonds is 15. The van der Waals surface area contributed by atoms with Crippen LogP contribution in [-0.2, 0) is 39.9 Å². The van der Waals surface area contributed by atoms with Crippen LogP contribution in [0.3, 0.4) is 0 Å². The summed E-state index contributed by atoms with van der Waals surface area (Å²) < 4.78 is 88.3. The predicted molar refractivity (Wildman–Crippen MR) is 320 cm³/mol. The zero-order chi connectivity index (χ0) is 62.3. The maximum atomic E-state index is 13.0. The second kappa shape index (κ2) is 26.4. The minimum absolute atomic E-state index is 0.0160. The molecule has 0 saturated heterocycles. The van der Waals surface area contributed by atoms with E-state index >= 15 is 0 Å². The highest BCUT2D eigenvalue weighted by Crippen LogP contribution is 2.68. The number of hydrogen-bond donors (Lipinski definition) is 2. The average Bonchev–Trinajstić information content (AvgIpc) is 1.67. The van der Waals surface area contributed by atoms with Crippen molar-refractivity contribution in [1.82, 2.24) is 4.90 Å². The Morgan fingerprint density at radius 2 is 1.44 bits per heavy atom. The number of halogens is 4. The van der Waals surface area contributed by atoms with Gasteiger partial charge < -0.3 is 24.8 Å². The number of alkyl halides is 3. The molecule has 0 spiro atoms. The molecule has 5 aromatic rings. The molecule has 1 unspecified atom stereocenters. The number of nitrogens with zero attached hydrogens (tertiary/aromatic N) is 2. The molecular weight excluding hydrogens is 1110 g/mol. The highest BCUT2D eigenvalue weighted by molar-refractivity contribution is 7.91. The summed E-state index contributed by atoms with van der Waals surface area (Å²) in [4.78, 5) is 50.8. The molecule has 12 nitrogen and oxygen atoms in total. The predicted octanol–water partition coefficient (Wildman–Crippen LogP) is 13.5. The van der Waals surface area contributed by atoms with Gasteiger partial charge in [-0.25, -0.2) is 12.8 Å². The summed E-state index contributed by atoms with van der Waals surface area (Å²) in [5, 5.41) is 21.1. The van der Waals surface area contributed by atoms with Crippen molar-refractivity contribution >= 4 is 50.1 Å². The van der Waals surface area contributed by atoms with Gasteiger partial charge in [-0.15, -0.1) is 0 Å². The quantitative estimate of drug-likeness (QED) is 0.0441. The van der Waals surface area contributed by atoms with Crippen LogP contribution in [0.15, 0.2) is 156 Å². The molecule has 4 aliphatic rings. The van der Waals surface area contributed by atoms with Crippen LogP contribution in [0.1, 0.15) is 121 Å². The number of sulfone groups is 1. The highest BCUT2D eigenvalue weighted by Gasteiger charge is 2.67. The van der Waals surface area contributed by atoms with Crippen molar-refractivity contribution < 1.29 is 59.7 Å². The number of esters is 1. The number of anilines is 1. The lowest BCUT2D eigenvalue weighted by Crippen LogP contribution is -2.58. The maximum Gasteiger partial charge on any atom is 0.417 e. The van der Waals surface area contributed by atoms with Crippen molar-refractivity contribution in [2.45, 2.75) is 116 Å². The molecule has 2 N–H and O–H groups in total. The molecule has 0 aliphatic heterocycles. The van der Waals surface area contributed by atoms with E-state index in [1.807, 2.05) is 11.4 Å². The van der Waals surface area contributed by atoms with Crippen molar-refractivity contribution in [2.75, 3.05) is 38.3 Å². The number of carbonyl (C=O) groups is 4. The number of Topliss-reactive ketones (excluding diaryl/α,β-unsaturated/α-hetero) is 1. The van der Waals surface area contributed by atoms with Gasteiger partial charge in [-0.1, -0.05) is 105 Å². The lowest BCUT2D eigenvalue weighted by molar-refractivity contribution is -0.185. The zero-order valence-electron chi connectivity index (χ0n) is 49.6. The third kappa shape index (κ3) is 14.4. The summed E-state index contributed by atoms with van der Waals surface area (Å²) in [6.07, 6.45) is 5.30. The second-order valence-electron chi connectivity index (χ2n) is 23.5. The van der Waals surface area contributed by atoms with Gasteiger partial charge in [0.2, 0.25) is 0 Å². The minimum atomic E-state index is -4.86. The smallest absolute Gasteiger partial charge is 0.417 e. The van der Waals surface area contributed by atoms with Crippen LogP contribution in [0.2, 0.25) is 0 Å². The fourth-order valence-electron chi connectivity index (χ4n) is 13.2. The first kappa shape index (κ1) is 65.0. The third-order valence-electron chi connectivity index (χ3n) is 17.5. The number of amides is 1. The number of benzene rings is 5. The molecule has 7 atom stereocenters. The van der Waals surface area contributed by atoms with Gasteiger partial charge in [0.1, 0.15) is 18.2 Å². The fourth-order valence-corrected chi connectivity index (χ4v) is 14.8. The van der Waals surface area contributed by atoms with E-state index in [1.165, 1.54) is 52.0 Å². The molecule has 0 bridgehead atoms. The maximum absolute atomic E-state index is 13.0. The number of likely N-dealkylation sites (N-methyl/N-ethyl adjacent to an activating group) is 1. The molecule has 5 aromatic carbocycles. The Morgan fingerprint density at radius 1 is 0.835 bits per heavy atom.